The zero-order valence-corrected chi connectivity index (χ0v) is 74.4. The highest BCUT2D eigenvalue weighted by atomic mass is 32.1. The number of nitrogens with zero attached hydrogens (tertiary/aromatic N) is 10. The summed E-state index contributed by atoms with van der Waals surface area (Å²) < 4.78 is 22.4. The Morgan fingerprint density at radius 1 is 0.345 bits per heavy atom. The van der Waals surface area contributed by atoms with E-state index in [1.54, 1.807) is 45.3 Å². The predicted octanol–water partition coefficient (Wildman–Crippen LogP) is 26.3. The lowest BCUT2D eigenvalue weighted by molar-refractivity contribution is -0.659. The van der Waals surface area contributed by atoms with Gasteiger partial charge in [-0.15, -0.1) is 0 Å². The average molecular weight is 1630 g/mol. The first-order valence-electron chi connectivity index (χ1n) is 39.0. The molecule has 0 aliphatic heterocycles. The van der Waals surface area contributed by atoms with E-state index in [2.05, 4.69) is 366 Å². The second kappa shape index (κ2) is 37.6. The molecule has 0 unspecified atom stereocenters. The highest BCUT2D eigenvalue weighted by molar-refractivity contribution is 7.19. The Labute approximate surface area is 709 Å². The summed E-state index contributed by atoms with van der Waals surface area (Å²) >= 11 is 6.98. The first-order chi connectivity index (χ1) is 53.1. The van der Waals surface area contributed by atoms with Gasteiger partial charge in [-0.3, -0.25) is 0 Å². The molecule has 10 aromatic heterocycles. The molecule has 16 aromatic rings. The molecule has 11 nitrogen and oxygen atoms in total. The quantitative estimate of drug-likeness (QED) is 0.134. The molecule has 10 heterocycles. The summed E-state index contributed by atoms with van der Waals surface area (Å²) in [6.07, 6.45) is 2.07. The molecule has 0 bridgehead atoms. The van der Waals surface area contributed by atoms with Crippen molar-refractivity contribution in [3.05, 3.63) is 255 Å². The van der Waals surface area contributed by atoms with Gasteiger partial charge in [-0.2, -0.15) is 4.57 Å². The zero-order chi connectivity index (χ0) is 80.9. The Balaban J connectivity index is 0.000000182. The monoisotopic (exact) mass is 1620 g/mol. The minimum Gasteiger partial charge on any atom is -0.436 e. The number of aryl methyl sites for hydroxylation is 17. The van der Waals surface area contributed by atoms with Crippen LogP contribution in [0, 0.1) is 118 Å². The summed E-state index contributed by atoms with van der Waals surface area (Å²) in [5, 5.41) is 3.44. The molecule has 0 radical (unpaired) electrons. The summed E-state index contributed by atoms with van der Waals surface area (Å²) in [5.74, 6) is 1.98. The van der Waals surface area contributed by atoms with Crippen molar-refractivity contribution >= 4 is 97.8 Å². The van der Waals surface area contributed by atoms with Crippen molar-refractivity contribution < 1.29 is 27.3 Å². The molecule has 6 aromatic carbocycles. The minimum absolute atomic E-state index is 0. The van der Waals surface area contributed by atoms with Gasteiger partial charge in [0.25, 0.3) is 0 Å². The Bertz CT molecular complexity index is 6130. The van der Waals surface area contributed by atoms with Crippen LogP contribution in [-0.2, 0) is 35.2 Å². The van der Waals surface area contributed by atoms with E-state index in [1.807, 2.05) is 11.6 Å². The molecule has 0 fully saturated rings. The Hall–Kier alpha value is -9.90. The Morgan fingerprint density at radius 3 is 1.05 bits per heavy atom. The second-order valence-corrected chi connectivity index (χ2v) is 36.2. The fourth-order valence-corrected chi connectivity index (χ4v) is 18.9. The first kappa shape index (κ1) is 91.6. The number of fused-ring (bicyclic) bond motifs is 5. The van der Waals surface area contributed by atoms with Crippen LogP contribution in [0.5, 0.6) is 0 Å². The van der Waals surface area contributed by atoms with Crippen LogP contribution in [0.3, 0.4) is 0 Å². The molecule has 0 saturated carbocycles. The van der Waals surface area contributed by atoms with Crippen molar-refractivity contribution in [3.8, 4) is 67.7 Å². The number of aromatic nitrogens is 10. The van der Waals surface area contributed by atoms with Gasteiger partial charge in [0.2, 0.25) is 26.6 Å². The normalized spacial score (nSPS) is 11.1. The number of oxazole rings is 1. The van der Waals surface area contributed by atoms with E-state index >= 15 is 0 Å². The van der Waals surface area contributed by atoms with Crippen LogP contribution in [0.15, 0.2) is 150 Å². The molecule has 0 atom stereocenters. The lowest BCUT2D eigenvalue weighted by Crippen LogP contribution is -2.32. The van der Waals surface area contributed by atoms with Gasteiger partial charge in [0.1, 0.15) is 48.6 Å². The molecule has 116 heavy (non-hydrogen) atoms. The van der Waals surface area contributed by atoms with Crippen molar-refractivity contribution in [2.45, 2.75) is 207 Å². The third-order valence-corrected chi connectivity index (χ3v) is 26.1. The molecular weight excluding hydrogens is 1500 g/mol. The van der Waals surface area contributed by atoms with Gasteiger partial charge < -0.3 is 4.42 Å². The molecule has 16 rings (SSSR count). The largest absolute Gasteiger partial charge is 0.436 e. The van der Waals surface area contributed by atoms with Gasteiger partial charge in [-0.25, -0.2) is 23.3 Å². The topological polar surface area (TPSA) is 97.0 Å². The molecule has 0 N–H and O–H groups in total. The van der Waals surface area contributed by atoms with Crippen LogP contribution in [0.25, 0.3) is 120 Å². The maximum atomic E-state index is 6.43. The molecule has 0 saturated heterocycles. The van der Waals surface area contributed by atoms with Crippen LogP contribution in [0.1, 0.15) is 199 Å². The van der Waals surface area contributed by atoms with Gasteiger partial charge in [-0.1, -0.05) is 193 Å². The van der Waals surface area contributed by atoms with Gasteiger partial charge in [0, 0.05) is 53.6 Å². The van der Waals surface area contributed by atoms with Gasteiger partial charge >= 0.3 is 22.6 Å². The standard InChI is InChI=1S/C28H33N2O.C19H23N2S.2C17H19N2S.C16H17N2S.4CH4/c1-16(2)21-10-9-11-22(17(3)4)25(21)28-29-26-24(31-28)12-13-30(8)27(26)23-15-18(5)14-19(6)20(23)7;1-11(2)19-20-18-17(22-19)8-7-16(21(18)6)15-10-12(3)9-13(4)14(15)5;2*1-10-8-11(2)12(3)14(9-10)15-6-7-16-17(19(15)5)18-13(4)20-16;1-10-7-11(2)12(3)13(8-10)14-5-6-15-16(18(14)4)17-9-19-15;;;;/h9-17H,1-8H3;7-11H,1-6H3;2*6-9H,1-5H3;5-9H,1-4H3;4*1H4/q5*+1;;;;. The Morgan fingerprint density at radius 2 is 0.681 bits per heavy atom. The van der Waals surface area contributed by atoms with E-state index in [-0.39, 0.29) is 29.7 Å². The van der Waals surface area contributed by atoms with E-state index in [0.717, 1.165) is 60.9 Å². The molecule has 0 spiro atoms. The summed E-state index contributed by atoms with van der Waals surface area (Å²) in [5.41, 5.74) is 43.9. The van der Waals surface area contributed by atoms with Gasteiger partial charge in [0.15, 0.2) is 22.8 Å². The van der Waals surface area contributed by atoms with E-state index in [1.165, 1.54) is 169 Å². The highest BCUT2D eigenvalue weighted by Crippen LogP contribution is 2.40. The van der Waals surface area contributed by atoms with Crippen LogP contribution in [-0.4, -0.2) is 24.9 Å². The maximum Gasteiger partial charge on any atom is 0.342 e. The highest BCUT2D eigenvalue weighted by Gasteiger charge is 2.29. The minimum atomic E-state index is 0. The van der Waals surface area contributed by atoms with E-state index in [0.29, 0.717) is 17.8 Å². The molecule has 15 heteroatoms. The molecule has 0 aliphatic rings. The number of hydrogen-bond acceptors (Lipinski definition) is 10. The van der Waals surface area contributed by atoms with Gasteiger partial charge in [-0.05, 0) is 281 Å². The average Bonchev–Trinajstić information content (AvgIpc) is 1.60. The van der Waals surface area contributed by atoms with Crippen molar-refractivity contribution in [1.29, 1.82) is 0 Å². The summed E-state index contributed by atoms with van der Waals surface area (Å²) in [6, 6.07) is 48.7. The lowest BCUT2D eigenvalue weighted by Gasteiger charge is -2.17. The molecule has 606 valence electrons. The second-order valence-electron chi connectivity index (χ2n) is 31.8. The van der Waals surface area contributed by atoms with Crippen molar-refractivity contribution in [1.82, 2.24) is 24.9 Å². The molecule has 0 aliphatic carbocycles. The number of benzene rings is 6. The number of pyridine rings is 5. The predicted molar refractivity (Wildman–Crippen MR) is 501 cm³/mol. The first-order valence-corrected chi connectivity index (χ1v) is 42.3. The number of thiazole rings is 4. The summed E-state index contributed by atoms with van der Waals surface area (Å²) in [4.78, 5) is 23.7. The molecular formula is C101H127N10OS4+5. The third kappa shape index (κ3) is 18.7. The van der Waals surface area contributed by atoms with Crippen LogP contribution in [0.2, 0.25) is 0 Å². The fourth-order valence-electron chi connectivity index (χ4n) is 15.5. The van der Waals surface area contributed by atoms with E-state index in [4.69, 9.17) is 14.4 Å². The zero-order valence-electron chi connectivity index (χ0n) is 71.1. The summed E-state index contributed by atoms with van der Waals surface area (Å²) in [7, 11) is 10.5. The van der Waals surface area contributed by atoms with Gasteiger partial charge in [0.05, 0.1) is 33.8 Å². The summed E-state index contributed by atoms with van der Waals surface area (Å²) in [6.45, 7) is 50.1. The number of rotatable bonds is 9. The van der Waals surface area contributed by atoms with E-state index in [9.17, 15) is 0 Å². The molecule has 0 amide bonds. The van der Waals surface area contributed by atoms with Crippen molar-refractivity contribution in [2.75, 3.05) is 0 Å². The Kier molecular flexibility index (Phi) is 29.7. The fraction of sp³-hybridized carbons (Fsp3) is 0.347. The smallest absolute Gasteiger partial charge is 0.342 e. The third-order valence-electron chi connectivity index (χ3n) is 22.2. The van der Waals surface area contributed by atoms with Crippen LogP contribution < -0.4 is 22.8 Å². The van der Waals surface area contributed by atoms with Crippen molar-refractivity contribution in [2.24, 2.45) is 35.2 Å². The lowest BCUT2D eigenvalue weighted by atomic mass is 9.88. The maximum absolute atomic E-state index is 6.43. The van der Waals surface area contributed by atoms with Crippen molar-refractivity contribution in [3.63, 3.8) is 0 Å². The van der Waals surface area contributed by atoms with Crippen LogP contribution in [0.4, 0.5) is 0 Å². The SMILES string of the molecule is C.C.C.C.Cc1cc(C)c(C)c(-c2c3nc(-c4c(C(C)C)cccc4C(C)C)oc3cc[n+]2C)c1.Cc1cc(C)c(C)c(-c2ccc3sc(C(C)C)nc3[n+]2C)c1.Cc1cc(C)c(C)c(-c2ccc3sc(C)nc3[n+]2C)c1.Cc1cc(C)c(C)c(-c2ccc3sc(C)nc3[n+]2C)c1.Cc1cc(C)c(C)c(-c2ccc3scnc3[n+]2C)c1. The number of hydrogen-bond donors (Lipinski definition) is 0. The van der Waals surface area contributed by atoms with Crippen LogP contribution >= 0.6 is 45.3 Å². The van der Waals surface area contributed by atoms with E-state index < -0.39 is 0 Å².